The first kappa shape index (κ1) is 35.2. The first-order chi connectivity index (χ1) is 23.3. The summed E-state index contributed by atoms with van der Waals surface area (Å²) in [5, 5.41) is 3.24. The first-order valence-corrected chi connectivity index (χ1v) is 18.7. The van der Waals surface area contributed by atoms with Gasteiger partial charge in [-0.15, -0.1) is 0 Å². The van der Waals surface area contributed by atoms with Crippen LogP contribution >= 0.6 is 15.9 Å². The normalized spacial score (nSPS) is 14.1. The maximum atomic E-state index is 14.8. The summed E-state index contributed by atoms with van der Waals surface area (Å²) in [6, 6.07) is 31.1. The lowest BCUT2D eigenvalue weighted by molar-refractivity contribution is -0.140. The minimum absolute atomic E-state index is 0.0281. The second-order valence-electron chi connectivity index (χ2n) is 11.9. The summed E-state index contributed by atoms with van der Waals surface area (Å²) < 4.78 is 36.4. The molecule has 48 heavy (non-hydrogen) atoms. The van der Waals surface area contributed by atoms with Gasteiger partial charge in [0.2, 0.25) is 11.8 Å². The predicted octanol–water partition coefficient (Wildman–Crippen LogP) is 7.13. The topological polar surface area (TPSA) is 96.0 Å². The van der Waals surface area contributed by atoms with Crippen molar-refractivity contribution in [3.8, 4) is 5.75 Å². The molecule has 0 aliphatic heterocycles. The number of nitrogens with one attached hydrogen (secondary N) is 1. The Labute approximate surface area is 292 Å². The van der Waals surface area contributed by atoms with Gasteiger partial charge < -0.3 is 15.0 Å². The third kappa shape index (κ3) is 9.05. The van der Waals surface area contributed by atoms with E-state index < -0.39 is 28.5 Å². The van der Waals surface area contributed by atoms with Crippen molar-refractivity contribution < 1.29 is 22.7 Å². The van der Waals surface area contributed by atoms with Gasteiger partial charge in [-0.2, -0.15) is 0 Å². The van der Waals surface area contributed by atoms with Crippen LogP contribution in [0.2, 0.25) is 0 Å². The van der Waals surface area contributed by atoms with Crippen LogP contribution in [0.25, 0.3) is 0 Å². The molecule has 1 fully saturated rings. The van der Waals surface area contributed by atoms with Crippen molar-refractivity contribution in [1.29, 1.82) is 0 Å². The molecule has 0 saturated heterocycles. The van der Waals surface area contributed by atoms with Gasteiger partial charge in [-0.1, -0.05) is 108 Å². The fourth-order valence-corrected chi connectivity index (χ4v) is 8.00. The van der Waals surface area contributed by atoms with E-state index in [0.717, 1.165) is 52.0 Å². The van der Waals surface area contributed by atoms with E-state index in [2.05, 4.69) is 21.2 Å². The molecule has 0 aromatic heterocycles. The van der Waals surface area contributed by atoms with Crippen LogP contribution in [-0.4, -0.2) is 50.4 Å². The van der Waals surface area contributed by atoms with E-state index in [0.29, 0.717) is 12.4 Å². The van der Waals surface area contributed by atoms with E-state index in [1.54, 1.807) is 42.5 Å². The average Bonchev–Trinajstić information content (AvgIpc) is 3.10. The molecule has 8 nitrogen and oxygen atoms in total. The van der Waals surface area contributed by atoms with Crippen molar-refractivity contribution in [3.05, 3.63) is 125 Å². The van der Waals surface area contributed by atoms with Gasteiger partial charge >= 0.3 is 0 Å². The number of benzene rings is 4. The second-order valence-corrected chi connectivity index (χ2v) is 14.7. The van der Waals surface area contributed by atoms with E-state index in [9.17, 15) is 18.0 Å². The molecule has 4 aromatic carbocycles. The smallest absolute Gasteiger partial charge is 0.264 e. The summed E-state index contributed by atoms with van der Waals surface area (Å²) in [7, 11) is -4.23. The van der Waals surface area contributed by atoms with E-state index in [1.807, 2.05) is 61.5 Å². The minimum Gasteiger partial charge on any atom is -0.492 e. The zero-order chi connectivity index (χ0) is 33.9. The number of halogens is 1. The Bertz CT molecular complexity index is 1770. The first-order valence-electron chi connectivity index (χ1n) is 16.4. The number of hydrogen-bond donors (Lipinski definition) is 1. The van der Waals surface area contributed by atoms with Crippen LogP contribution in [-0.2, 0) is 32.6 Å². The summed E-state index contributed by atoms with van der Waals surface area (Å²) >= 11 is 3.54. The van der Waals surface area contributed by atoms with E-state index in [1.165, 1.54) is 17.0 Å². The van der Waals surface area contributed by atoms with Gasteiger partial charge in [0.15, 0.2) is 0 Å². The average molecular weight is 733 g/mol. The van der Waals surface area contributed by atoms with Crippen molar-refractivity contribution in [2.45, 2.75) is 69.0 Å². The fraction of sp³-hybridized carbons (Fsp3) is 0.316. The van der Waals surface area contributed by atoms with Crippen LogP contribution in [0.3, 0.4) is 0 Å². The number of anilines is 1. The monoisotopic (exact) mass is 731 g/mol. The van der Waals surface area contributed by atoms with Crippen LogP contribution in [0.15, 0.2) is 119 Å². The standard InChI is InChI=1S/C38H42BrN3O5S/c1-2-47-36-24-13-12-23-34(36)42(48(45,46)33-21-10-5-11-22-33)28-37(43)41(27-30-17-14-18-31(39)25-30)35(26-29-15-6-3-7-16-29)38(44)40-32-19-8-4-9-20-32/h3,5-7,10-18,21-25,32,35H,2,4,8-9,19-20,26-28H2,1H3,(H,40,44)/t35-/m1/s1. The molecule has 0 heterocycles. The maximum absolute atomic E-state index is 14.8. The van der Waals surface area contributed by atoms with Crippen LogP contribution in [0.4, 0.5) is 5.69 Å². The molecule has 1 N–H and O–H groups in total. The second kappa shape index (κ2) is 16.8. The number of nitrogens with zero attached hydrogens (tertiary/aromatic N) is 2. The molecule has 1 aliphatic rings. The molecular weight excluding hydrogens is 690 g/mol. The Morgan fingerprint density at radius 1 is 0.854 bits per heavy atom. The number of ether oxygens (including phenoxy) is 1. The van der Waals surface area contributed by atoms with E-state index >= 15 is 0 Å². The van der Waals surface area contributed by atoms with Gasteiger partial charge in [0, 0.05) is 23.5 Å². The Morgan fingerprint density at radius 3 is 2.19 bits per heavy atom. The van der Waals surface area contributed by atoms with E-state index in [-0.39, 0.29) is 35.5 Å². The lowest BCUT2D eigenvalue weighted by atomic mass is 9.94. The molecule has 1 aliphatic carbocycles. The fourth-order valence-electron chi connectivity index (χ4n) is 6.10. The van der Waals surface area contributed by atoms with Crippen LogP contribution in [0.5, 0.6) is 5.75 Å². The van der Waals surface area contributed by atoms with Gasteiger partial charge in [-0.3, -0.25) is 13.9 Å². The Kier molecular flexibility index (Phi) is 12.3. The Hall–Kier alpha value is -4.15. The van der Waals surface area contributed by atoms with Gasteiger partial charge in [-0.05, 0) is 67.3 Å². The highest BCUT2D eigenvalue weighted by molar-refractivity contribution is 9.10. The SMILES string of the molecule is CCOc1ccccc1N(CC(=O)N(Cc1cccc(Br)c1)[C@H](Cc1ccccc1)C(=O)NC1CCCCC1)S(=O)(=O)c1ccccc1. The lowest BCUT2D eigenvalue weighted by Crippen LogP contribution is -2.55. The van der Waals surface area contributed by atoms with Crippen LogP contribution < -0.4 is 14.4 Å². The van der Waals surface area contributed by atoms with Crippen molar-refractivity contribution in [3.63, 3.8) is 0 Å². The number of carbonyl (C=O) groups excluding carboxylic acids is 2. The minimum atomic E-state index is -4.23. The Balaban J connectivity index is 1.58. The van der Waals surface area contributed by atoms with Crippen molar-refractivity contribution in [2.24, 2.45) is 0 Å². The summed E-state index contributed by atoms with van der Waals surface area (Å²) in [4.78, 5) is 30.6. The number of hydrogen-bond acceptors (Lipinski definition) is 5. The van der Waals surface area contributed by atoms with Crippen LogP contribution in [0, 0.1) is 0 Å². The number of rotatable bonds is 14. The molecule has 1 atom stereocenters. The summed E-state index contributed by atoms with van der Waals surface area (Å²) in [5.74, 6) is -0.427. The summed E-state index contributed by atoms with van der Waals surface area (Å²) in [5.41, 5.74) is 1.93. The molecule has 4 aromatic rings. The van der Waals surface area contributed by atoms with Gasteiger partial charge in [0.1, 0.15) is 18.3 Å². The Morgan fingerprint density at radius 2 is 1.50 bits per heavy atom. The highest BCUT2D eigenvalue weighted by Gasteiger charge is 2.36. The third-order valence-electron chi connectivity index (χ3n) is 8.51. The number of carbonyl (C=O) groups is 2. The zero-order valence-corrected chi connectivity index (χ0v) is 29.5. The molecule has 2 amide bonds. The van der Waals surface area contributed by atoms with Crippen molar-refractivity contribution in [2.75, 3.05) is 17.5 Å². The van der Waals surface area contributed by atoms with Crippen molar-refractivity contribution >= 4 is 43.5 Å². The molecule has 0 unspecified atom stereocenters. The molecule has 0 spiro atoms. The maximum Gasteiger partial charge on any atom is 0.264 e. The third-order valence-corrected chi connectivity index (χ3v) is 10.8. The zero-order valence-electron chi connectivity index (χ0n) is 27.1. The quantitative estimate of drug-likeness (QED) is 0.149. The highest BCUT2D eigenvalue weighted by Crippen LogP contribution is 2.33. The molecule has 5 rings (SSSR count). The molecule has 0 bridgehead atoms. The number of amides is 2. The van der Waals surface area contributed by atoms with Gasteiger partial charge in [0.25, 0.3) is 10.0 Å². The number of para-hydroxylation sites is 2. The lowest BCUT2D eigenvalue weighted by Gasteiger charge is -2.35. The molecule has 10 heteroatoms. The molecule has 0 radical (unpaired) electrons. The van der Waals surface area contributed by atoms with Crippen molar-refractivity contribution in [1.82, 2.24) is 10.2 Å². The number of sulfonamides is 1. The van der Waals surface area contributed by atoms with Crippen LogP contribution in [0.1, 0.15) is 50.2 Å². The van der Waals surface area contributed by atoms with E-state index in [4.69, 9.17) is 4.74 Å². The predicted molar refractivity (Wildman–Crippen MR) is 192 cm³/mol. The largest absolute Gasteiger partial charge is 0.492 e. The van der Waals surface area contributed by atoms with Gasteiger partial charge in [-0.25, -0.2) is 8.42 Å². The van der Waals surface area contributed by atoms with Gasteiger partial charge in [0.05, 0.1) is 17.2 Å². The molecule has 252 valence electrons. The summed E-state index contributed by atoms with van der Waals surface area (Å²) in [6.45, 7) is 1.67. The highest BCUT2D eigenvalue weighted by atomic mass is 79.9. The molecule has 1 saturated carbocycles. The molecular formula is C38H42BrN3O5S. The summed E-state index contributed by atoms with van der Waals surface area (Å²) in [6.07, 6.45) is 5.27.